The molecule has 0 spiro atoms. The molecule has 2 aliphatic rings. The monoisotopic (exact) mass is 344 g/mol. The molecule has 2 amide bonds. The molecule has 6 nitrogen and oxygen atoms in total. The number of aromatic nitrogens is 2. The molecule has 6 heteroatoms. The van der Waals surface area contributed by atoms with Gasteiger partial charge in [-0.25, -0.2) is 9.97 Å². The average molecular weight is 344 g/mol. The normalized spacial score (nSPS) is 17.8. The van der Waals surface area contributed by atoms with E-state index >= 15 is 0 Å². The number of hydrogen-bond acceptors (Lipinski definition) is 4. The first kappa shape index (κ1) is 17.8. The molecule has 0 radical (unpaired) electrons. The summed E-state index contributed by atoms with van der Waals surface area (Å²) in [6.07, 6.45) is 6.87. The van der Waals surface area contributed by atoms with Gasteiger partial charge < -0.3 is 9.80 Å². The van der Waals surface area contributed by atoms with Gasteiger partial charge in [-0.1, -0.05) is 20.3 Å². The minimum Gasteiger partial charge on any atom is -0.342 e. The van der Waals surface area contributed by atoms with Gasteiger partial charge in [0.05, 0.1) is 12.2 Å². The van der Waals surface area contributed by atoms with Gasteiger partial charge in [-0.2, -0.15) is 0 Å². The predicted octanol–water partition coefficient (Wildman–Crippen LogP) is 2.31. The van der Waals surface area contributed by atoms with Crippen molar-refractivity contribution in [1.82, 2.24) is 19.8 Å². The molecule has 0 atom stereocenters. The average Bonchev–Trinajstić information content (AvgIpc) is 2.88. The highest BCUT2D eigenvalue weighted by Crippen LogP contribution is 2.22. The van der Waals surface area contributed by atoms with Gasteiger partial charge in [0.25, 0.3) is 0 Å². The second-order valence-electron chi connectivity index (χ2n) is 7.55. The van der Waals surface area contributed by atoms with E-state index in [1.54, 1.807) is 0 Å². The van der Waals surface area contributed by atoms with Crippen LogP contribution in [0, 0.1) is 5.92 Å². The van der Waals surface area contributed by atoms with E-state index in [4.69, 9.17) is 0 Å². The van der Waals surface area contributed by atoms with Crippen LogP contribution in [0.3, 0.4) is 0 Å². The quantitative estimate of drug-likeness (QED) is 0.822. The molecule has 0 unspecified atom stereocenters. The zero-order chi connectivity index (χ0) is 17.8. The standard InChI is InChI=1S/C19H28N4O2/c1-14(2)10-17-20-11-15-12-23(13-16(15)21-17)19(25)7-9-22-8-5-3-4-6-18(22)24/h11,14H,3-10,12-13H2,1-2H3. The second-order valence-corrected chi connectivity index (χ2v) is 7.55. The number of carbonyl (C=O) groups excluding carboxylic acids is 2. The SMILES string of the molecule is CC(C)Cc1ncc2c(n1)CN(C(=O)CCN1CCCCCC1=O)C2. The summed E-state index contributed by atoms with van der Waals surface area (Å²) >= 11 is 0. The molecule has 1 aromatic heterocycles. The van der Waals surface area contributed by atoms with E-state index in [0.29, 0.717) is 38.4 Å². The number of likely N-dealkylation sites (tertiary alicyclic amines) is 1. The first-order valence-corrected chi connectivity index (χ1v) is 9.42. The third-order valence-electron chi connectivity index (χ3n) is 4.92. The number of nitrogens with zero attached hydrogens (tertiary/aromatic N) is 4. The van der Waals surface area contributed by atoms with Crippen LogP contribution >= 0.6 is 0 Å². The molecule has 1 aromatic rings. The zero-order valence-electron chi connectivity index (χ0n) is 15.3. The molecule has 0 N–H and O–H groups in total. The lowest BCUT2D eigenvalue weighted by Gasteiger charge is -2.22. The molecule has 1 saturated heterocycles. The number of carbonyl (C=O) groups is 2. The van der Waals surface area contributed by atoms with Crippen molar-refractivity contribution < 1.29 is 9.59 Å². The topological polar surface area (TPSA) is 66.4 Å². The summed E-state index contributed by atoms with van der Waals surface area (Å²) in [7, 11) is 0. The predicted molar refractivity (Wildman–Crippen MR) is 94.5 cm³/mol. The van der Waals surface area contributed by atoms with Gasteiger partial charge in [-0.05, 0) is 18.8 Å². The highest BCUT2D eigenvalue weighted by Gasteiger charge is 2.26. The Morgan fingerprint density at radius 2 is 2.08 bits per heavy atom. The van der Waals surface area contributed by atoms with Crippen LogP contribution < -0.4 is 0 Å². The molecule has 25 heavy (non-hydrogen) atoms. The van der Waals surface area contributed by atoms with Crippen molar-refractivity contribution in [3.05, 3.63) is 23.3 Å². The van der Waals surface area contributed by atoms with E-state index in [-0.39, 0.29) is 11.8 Å². The summed E-state index contributed by atoms with van der Waals surface area (Å²) in [4.78, 5) is 37.3. The first-order valence-electron chi connectivity index (χ1n) is 9.42. The summed E-state index contributed by atoms with van der Waals surface area (Å²) < 4.78 is 0. The maximum absolute atomic E-state index is 12.6. The molecule has 3 heterocycles. The van der Waals surface area contributed by atoms with Gasteiger partial charge in [0.1, 0.15) is 5.82 Å². The van der Waals surface area contributed by atoms with Crippen molar-refractivity contribution in [2.75, 3.05) is 13.1 Å². The van der Waals surface area contributed by atoms with Crippen molar-refractivity contribution >= 4 is 11.8 Å². The largest absolute Gasteiger partial charge is 0.342 e. The van der Waals surface area contributed by atoms with Crippen LogP contribution in [-0.4, -0.2) is 44.7 Å². The Morgan fingerprint density at radius 3 is 2.88 bits per heavy atom. The fourth-order valence-electron chi connectivity index (χ4n) is 3.50. The van der Waals surface area contributed by atoms with Gasteiger partial charge in [0.15, 0.2) is 0 Å². The third-order valence-corrected chi connectivity index (χ3v) is 4.92. The third kappa shape index (κ3) is 4.55. The zero-order valence-corrected chi connectivity index (χ0v) is 15.3. The lowest BCUT2D eigenvalue weighted by Crippen LogP contribution is -2.35. The van der Waals surface area contributed by atoms with Crippen molar-refractivity contribution in [2.24, 2.45) is 5.92 Å². The molecule has 136 valence electrons. The molecule has 0 bridgehead atoms. The lowest BCUT2D eigenvalue weighted by atomic mass is 10.1. The molecule has 0 aliphatic carbocycles. The Hall–Kier alpha value is -1.98. The van der Waals surface area contributed by atoms with Gasteiger partial charge >= 0.3 is 0 Å². The van der Waals surface area contributed by atoms with Gasteiger partial charge in [-0.3, -0.25) is 9.59 Å². The number of hydrogen-bond donors (Lipinski definition) is 0. The van der Waals surface area contributed by atoms with Crippen LogP contribution in [-0.2, 0) is 29.1 Å². The second kappa shape index (κ2) is 7.93. The maximum atomic E-state index is 12.6. The minimum absolute atomic E-state index is 0.0976. The molecule has 2 aliphatic heterocycles. The molecule has 0 aromatic carbocycles. The number of rotatable bonds is 5. The van der Waals surface area contributed by atoms with Crippen molar-refractivity contribution in [3.8, 4) is 0 Å². The summed E-state index contributed by atoms with van der Waals surface area (Å²) in [5.41, 5.74) is 2.02. The Labute approximate surface area is 149 Å². The van der Waals surface area contributed by atoms with Crippen LogP contribution in [0.1, 0.15) is 63.0 Å². The van der Waals surface area contributed by atoms with Gasteiger partial charge in [0, 0.05) is 50.7 Å². The molecular weight excluding hydrogens is 316 g/mol. The van der Waals surface area contributed by atoms with E-state index < -0.39 is 0 Å². The van der Waals surface area contributed by atoms with E-state index in [0.717, 1.165) is 49.3 Å². The summed E-state index contributed by atoms with van der Waals surface area (Å²) in [6.45, 7) is 6.78. The van der Waals surface area contributed by atoms with Gasteiger partial charge in [-0.15, -0.1) is 0 Å². The van der Waals surface area contributed by atoms with Gasteiger partial charge in [0.2, 0.25) is 11.8 Å². The van der Waals surface area contributed by atoms with Crippen molar-refractivity contribution in [1.29, 1.82) is 0 Å². The first-order chi connectivity index (χ1) is 12.0. The summed E-state index contributed by atoms with van der Waals surface area (Å²) in [6, 6.07) is 0. The Balaban J connectivity index is 1.54. The number of amides is 2. The molecule has 1 fully saturated rings. The Kier molecular flexibility index (Phi) is 5.66. The fourth-order valence-corrected chi connectivity index (χ4v) is 3.50. The number of fused-ring (bicyclic) bond motifs is 1. The molecule has 3 rings (SSSR count). The summed E-state index contributed by atoms with van der Waals surface area (Å²) in [5.74, 6) is 1.67. The summed E-state index contributed by atoms with van der Waals surface area (Å²) in [5, 5.41) is 0. The Bertz CT molecular complexity index is 644. The Morgan fingerprint density at radius 1 is 1.24 bits per heavy atom. The smallest absolute Gasteiger partial charge is 0.225 e. The van der Waals surface area contributed by atoms with E-state index in [2.05, 4.69) is 23.8 Å². The van der Waals surface area contributed by atoms with Crippen molar-refractivity contribution in [2.45, 2.75) is 65.5 Å². The molecule has 0 saturated carbocycles. The van der Waals surface area contributed by atoms with E-state index in [1.807, 2.05) is 16.0 Å². The minimum atomic E-state index is 0.0976. The van der Waals surface area contributed by atoms with Crippen LogP contribution in [0.15, 0.2) is 6.20 Å². The van der Waals surface area contributed by atoms with E-state index in [9.17, 15) is 9.59 Å². The molecular formula is C19H28N4O2. The highest BCUT2D eigenvalue weighted by molar-refractivity contribution is 5.79. The van der Waals surface area contributed by atoms with Crippen LogP contribution in [0.4, 0.5) is 0 Å². The fraction of sp³-hybridized carbons (Fsp3) is 0.684. The highest BCUT2D eigenvalue weighted by atomic mass is 16.2. The van der Waals surface area contributed by atoms with E-state index in [1.165, 1.54) is 0 Å². The maximum Gasteiger partial charge on any atom is 0.225 e. The van der Waals surface area contributed by atoms with Crippen LogP contribution in [0.2, 0.25) is 0 Å². The van der Waals surface area contributed by atoms with Crippen LogP contribution in [0.5, 0.6) is 0 Å². The lowest BCUT2D eigenvalue weighted by molar-refractivity contribution is -0.134. The van der Waals surface area contributed by atoms with Crippen LogP contribution in [0.25, 0.3) is 0 Å². The van der Waals surface area contributed by atoms with Crippen molar-refractivity contribution in [3.63, 3.8) is 0 Å².